The van der Waals surface area contributed by atoms with Gasteiger partial charge in [-0.05, 0) is 67.6 Å². The topological polar surface area (TPSA) is 83.9 Å². The van der Waals surface area contributed by atoms with Crippen molar-refractivity contribution in [3.8, 4) is 0 Å². The predicted molar refractivity (Wildman–Crippen MR) is 142 cm³/mol. The number of aryl methyl sites for hydroxylation is 3. The van der Waals surface area contributed by atoms with Crippen LogP contribution in [0.25, 0.3) is 5.76 Å². The molecule has 4 rings (SSSR count). The summed E-state index contributed by atoms with van der Waals surface area (Å²) in [6.45, 7) is 8.26. The molecule has 0 aromatic heterocycles. The summed E-state index contributed by atoms with van der Waals surface area (Å²) in [6, 6.07) is 19.1. The Hall–Kier alpha value is -4.19. The number of hydrogen-bond donors (Lipinski definition) is 1. The lowest BCUT2D eigenvalue weighted by Crippen LogP contribution is -2.29. The number of rotatable bonds is 7. The summed E-state index contributed by atoms with van der Waals surface area (Å²) in [5.74, 6) is -1.99. The van der Waals surface area contributed by atoms with Gasteiger partial charge in [0, 0.05) is 12.1 Å². The van der Waals surface area contributed by atoms with Crippen LogP contribution in [0.5, 0.6) is 0 Å². The maximum atomic E-state index is 13.3. The fourth-order valence-corrected chi connectivity index (χ4v) is 4.50. The van der Waals surface area contributed by atoms with E-state index in [1.165, 1.54) is 4.90 Å². The molecule has 3 aromatic carbocycles. The van der Waals surface area contributed by atoms with Crippen molar-refractivity contribution in [1.29, 1.82) is 0 Å². The van der Waals surface area contributed by atoms with Crippen molar-refractivity contribution in [2.24, 2.45) is 0 Å². The zero-order valence-electron chi connectivity index (χ0n) is 21.6. The van der Waals surface area contributed by atoms with Gasteiger partial charge in [0.2, 0.25) is 0 Å². The molecule has 3 aromatic rings. The minimum atomic E-state index is -0.754. The molecule has 1 amide bonds. The maximum Gasteiger partial charge on any atom is 0.338 e. The molecule has 1 fully saturated rings. The second-order valence-electron chi connectivity index (χ2n) is 9.47. The van der Waals surface area contributed by atoms with Gasteiger partial charge in [0.25, 0.3) is 11.7 Å². The van der Waals surface area contributed by atoms with Gasteiger partial charge >= 0.3 is 5.97 Å². The summed E-state index contributed by atoms with van der Waals surface area (Å²) in [5, 5.41) is 11.3. The third kappa shape index (κ3) is 5.33. The highest BCUT2D eigenvalue weighted by Gasteiger charge is 2.46. The van der Waals surface area contributed by atoms with Gasteiger partial charge in [-0.25, -0.2) is 4.79 Å². The number of ether oxygens (including phenoxy) is 1. The SMILES string of the molecule is CCCOC(=O)c1ccc(CN2C(=O)C(=O)/C(=C(\O)c3ccc(C)c(C)c3)C2c2cccc(C)c2)cc1. The van der Waals surface area contributed by atoms with E-state index in [2.05, 4.69) is 0 Å². The number of Topliss-reactive ketones (excluding diaryl/α,β-unsaturated/α-hetero) is 1. The molecule has 1 atom stereocenters. The molecule has 190 valence electrons. The monoisotopic (exact) mass is 497 g/mol. The summed E-state index contributed by atoms with van der Waals surface area (Å²) < 4.78 is 5.18. The van der Waals surface area contributed by atoms with Crippen molar-refractivity contribution in [1.82, 2.24) is 4.90 Å². The number of ketones is 1. The van der Waals surface area contributed by atoms with E-state index in [9.17, 15) is 19.5 Å². The minimum Gasteiger partial charge on any atom is -0.507 e. The molecule has 1 saturated heterocycles. The van der Waals surface area contributed by atoms with Gasteiger partial charge < -0.3 is 14.7 Å². The van der Waals surface area contributed by atoms with E-state index in [0.29, 0.717) is 17.7 Å². The third-order valence-electron chi connectivity index (χ3n) is 6.66. The second-order valence-corrected chi connectivity index (χ2v) is 9.47. The molecule has 0 saturated carbocycles. The Kier molecular flexibility index (Phi) is 7.58. The smallest absolute Gasteiger partial charge is 0.338 e. The Bertz CT molecular complexity index is 1390. The highest BCUT2D eigenvalue weighted by molar-refractivity contribution is 6.46. The molecule has 0 aliphatic carbocycles. The molecule has 1 aliphatic heterocycles. The molecular weight excluding hydrogens is 466 g/mol. The normalized spacial score (nSPS) is 16.8. The highest BCUT2D eigenvalue weighted by Crippen LogP contribution is 2.40. The molecule has 1 heterocycles. The standard InChI is InChI=1S/C31H31NO5/c1-5-15-37-31(36)23-13-10-22(11-14-23)18-32-27(24-8-6-7-19(2)16-24)26(29(34)30(32)35)28(33)25-12-9-20(3)21(4)17-25/h6-14,16-17,27,33H,5,15,18H2,1-4H3/b28-26-. The van der Waals surface area contributed by atoms with Crippen LogP contribution in [0.2, 0.25) is 0 Å². The largest absolute Gasteiger partial charge is 0.507 e. The van der Waals surface area contributed by atoms with Crippen LogP contribution in [0.3, 0.4) is 0 Å². The van der Waals surface area contributed by atoms with Gasteiger partial charge in [0.1, 0.15) is 5.76 Å². The molecule has 0 spiro atoms. The van der Waals surface area contributed by atoms with Gasteiger partial charge in [-0.2, -0.15) is 0 Å². The van der Waals surface area contributed by atoms with Crippen LogP contribution < -0.4 is 0 Å². The Morgan fingerprint density at radius 2 is 1.62 bits per heavy atom. The summed E-state index contributed by atoms with van der Waals surface area (Å²) in [6.07, 6.45) is 0.736. The molecule has 1 N–H and O–H groups in total. The van der Waals surface area contributed by atoms with Crippen molar-refractivity contribution in [3.63, 3.8) is 0 Å². The lowest BCUT2D eigenvalue weighted by molar-refractivity contribution is -0.140. The molecule has 1 aliphatic rings. The Labute approximate surface area is 217 Å². The van der Waals surface area contributed by atoms with Crippen molar-refractivity contribution in [3.05, 3.63) is 111 Å². The first-order valence-corrected chi connectivity index (χ1v) is 12.4. The van der Waals surface area contributed by atoms with E-state index >= 15 is 0 Å². The van der Waals surface area contributed by atoms with Crippen molar-refractivity contribution in [2.75, 3.05) is 6.61 Å². The van der Waals surface area contributed by atoms with Crippen LogP contribution in [-0.2, 0) is 20.9 Å². The number of aliphatic hydroxyl groups excluding tert-OH is 1. The fraction of sp³-hybridized carbons (Fsp3) is 0.258. The molecular formula is C31H31NO5. The Morgan fingerprint density at radius 1 is 0.919 bits per heavy atom. The highest BCUT2D eigenvalue weighted by atomic mass is 16.5. The molecule has 1 unspecified atom stereocenters. The predicted octanol–water partition coefficient (Wildman–Crippen LogP) is 5.80. The van der Waals surface area contributed by atoms with E-state index in [-0.39, 0.29) is 17.9 Å². The van der Waals surface area contributed by atoms with Crippen LogP contribution in [0.4, 0.5) is 0 Å². The number of carbonyl (C=O) groups is 3. The van der Waals surface area contributed by atoms with E-state index in [0.717, 1.165) is 34.2 Å². The van der Waals surface area contributed by atoms with Crippen molar-refractivity contribution >= 4 is 23.4 Å². The fourth-order valence-electron chi connectivity index (χ4n) is 4.50. The number of esters is 1. The number of likely N-dealkylation sites (tertiary alicyclic amines) is 1. The minimum absolute atomic E-state index is 0.0682. The quantitative estimate of drug-likeness (QED) is 0.193. The van der Waals surface area contributed by atoms with Gasteiger partial charge in [-0.3, -0.25) is 9.59 Å². The summed E-state index contributed by atoms with van der Waals surface area (Å²) >= 11 is 0. The van der Waals surface area contributed by atoms with Crippen molar-refractivity contribution < 1.29 is 24.2 Å². The molecule has 6 nitrogen and oxygen atoms in total. The number of benzene rings is 3. The Morgan fingerprint density at radius 3 is 2.27 bits per heavy atom. The first kappa shape index (κ1) is 25.9. The van der Waals surface area contributed by atoms with E-state index in [1.54, 1.807) is 30.3 Å². The van der Waals surface area contributed by atoms with Crippen LogP contribution in [0, 0.1) is 20.8 Å². The lowest BCUT2D eigenvalue weighted by Gasteiger charge is -2.26. The van der Waals surface area contributed by atoms with Crippen LogP contribution >= 0.6 is 0 Å². The molecule has 0 radical (unpaired) electrons. The third-order valence-corrected chi connectivity index (χ3v) is 6.66. The van der Waals surface area contributed by atoms with E-state index < -0.39 is 23.7 Å². The van der Waals surface area contributed by atoms with Crippen LogP contribution in [-0.4, -0.2) is 34.3 Å². The number of carbonyl (C=O) groups excluding carboxylic acids is 3. The average Bonchev–Trinajstić information content (AvgIpc) is 3.13. The number of nitrogens with zero attached hydrogens (tertiary/aromatic N) is 1. The lowest BCUT2D eigenvalue weighted by atomic mass is 9.93. The van der Waals surface area contributed by atoms with Crippen LogP contribution in [0.15, 0.2) is 72.3 Å². The van der Waals surface area contributed by atoms with Crippen LogP contribution in [0.1, 0.15) is 63.1 Å². The number of amides is 1. The summed E-state index contributed by atoms with van der Waals surface area (Å²) in [4.78, 5) is 40.2. The zero-order chi connectivity index (χ0) is 26.7. The zero-order valence-corrected chi connectivity index (χ0v) is 21.6. The second kappa shape index (κ2) is 10.8. The van der Waals surface area contributed by atoms with E-state index in [4.69, 9.17) is 4.74 Å². The summed E-state index contributed by atoms with van der Waals surface area (Å²) in [5.41, 5.74) is 5.49. The van der Waals surface area contributed by atoms with Crippen molar-refractivity contribution in [2.45, 2.75) is 46.7 Å². The first-order valence-electron chi connectivity index (χ1n) is 12.4. The first-order chi connectivity index (χ1) is 17.7. The summed E-state index contributed by atoms with van der Waals surface area (Å²) in [7, 11) is 0. The number of aliphatic hydroxyl groups is 1. The van der Waals surface area contributed by atoms with Gasteiger partial charge in [0.15, 0.2) is 0 Å². The van der Waals surface area contributed by atoms with Gasteiger partial charge in [-0.1, -0.05) is 61.0 Å². The number of hydrogen-bond acceptors (Lipinski definition) is 5. The molecule has 37 heavy (non-hydrogen) atoms. The maximum absolute atomic E-state index is 13.3. The molecule has 6 heteroatoms. The van der Waals surface area contributed by atoms with Gasteiger partial charge in [-0.15, -0.1) is 0 Å². The molecule has 0 bridgehead atoms. The van der Waals surface area contributed by atoms with Gasteiger partial charge in [0.05, 0.1) is 23.8 Å². The van der Waals surface area contributed by atoms with E-state index in [1.807, 2.05) is 64.1 Å². The Balaban J connectivity index is 1.75. The average molecular weight is 498 g/mol.